The molecular weight excluding hydrogens is 219 g/mol. The van der Waals surface area contributed by atoms with Crippen LogP contribution >= 0.6 is 0 Å². The molecule has 17 heavy (non-hydrogen) atoms. The molecule has 1 aromatic rings. The van der Waals surface area contributed by atoms with Crippen molar-refractivity contribution >= 4 is 11.6 Å². The summed E-state index contributed by atoms with van der Waals surface area (Å²) in [5.41, 5.74) is 1.32. The first-order valence-corrected chi connectivity index (χ1v) is 5.78. The third-order valence-corrected chi connectivity index (χ3v) is 2.24. The van der Waals surface area contributed by atoms with Crippen LogP contribution < -0.4 is 10.6 Å². The largest absolute Gasteiger partial charge is 0.382 e. The third kappa shape index (κ3) is 4.85. The molecule has 1 amide bonds. The zero-order valence-electron chi connectivity index (χ0n) is 10.5. The quantitative estimate of drug-likeness (QED) is 0.827. The first-order valence-electron chi connectivity index (χ1n) is 5.78. The number of carbonyl (C=O) groups excluding carboxylic acids is 1. The lowest BCUT2D eigenvalue weighted by molar-refractivity contribution is -0.121. The predicted molar refractivity (Wildman–Crippen MR) is 67.5 cm³/mol. The number of benzene rings is 1. The van der Waals surface area contributed by atoms with Crippen LogP contribution in [0.4, 0.5) is 10.1 Å². The van der Waals surface area contributed by atoms with E-state index in [0.29, 0.717) is 18.7 Å². The van der Waals surface area contributed by atoms with E-state index in [4.69, 9.17) is 0 Å². The van der Waals surface area contributed by atoms with E-state index in [1.54, 1.807) is 6.07 Å². The lowest BCUT2D eigenvalue weighted by atomic mass is 10.2. The van der Waals surface area contributed by atoms with E-state index in [9.17, 15) is 9.18 Å². The number of rotatable bonds is 5. The highest BCUT2D eigenvalue weighted by molar-refractivity contribution is 5.76. The number of hydrogen-bond donors (Lipinski definition) is 2. The minimum absolute atomic E-state index is 0.0278. The minimum atomic E-state index is -0.283. The molecule has 2 N–H and O–H groups in total. The molecule has 0 unspecified atom stereocenters. The van der Waals surface area contributed by atoms with Crippen molar-refractivity contribution < 1.29 is 9.18 Å². The Hall–Kier alpha value is -1.58. The molecule has 0 heterocycles. The molecule has 0 fully saturated rings. The molecule has 4 heteroatoms. The van der Waals surface area contributed by atoms with Gasteiger partial charge in [0.1, 0.15) is 5.82 Å². The van der Waals surface area contributed by atoms with Crippen LogP contribution in [0, 0.1) is 12.7 Å². The second kappa shape index (κ2) is 6.23. The van der Waals surface area contributed by atoms with Crippen molar-refractivity contribution in [2.45, 2.75) is 33.2 Å². The van der Waals surface area contributed by atoms with Gasteiger partial charge in [-0.15, -0.1) is 0 Å². The summed E-state index contributed by atoms with van der Waals surface area (Å²) in [5.74, 6) is -0.311. The van der Waals surface area contributed by atoms with Crippen molar-refractivity contribution in [3.8, 4) is 0 Å². The van der Waals surface area contributed by atoms with Gasteiger partial charge in [-0.25, -0.2) is 4.39 Å². The van der Waals surface area contributed by atoms with E-state index >= 15 is 0 Å². The average Bonchev–Trinajstić information content (AvgIpc) is 2.20. The fourth-order valence-electron chi connectivity index (χ4n) is 1.47. The van der Waals surface area contributed by atoms with Crippen molar-refractivity contribution in [1.29, 1.82) is 0 Å². The minimum Gasteiger partial charge on any atom is -0.382 e. The normalized spacial score (nSPS) is 10.4. The Balaban J connectivity index is 2.38. The van der Waals surface area contributed by atoms with Crippen molar-refractivity contribution in [3.05, 3.63) is 29.6 Å². The SMILES string of the molecule is Cc1ccc(NCCC(=O)NC(C)C)c(F)c1. The van der Waals surface area contributed by atoms with Crippen LogP contribution in [0.15, 0.2) is 18.2 Å². The zero-order valence-corrected chi connectivity index (χ0v) is 10.5. The maximum absolute atomic E-state index is 13.4. The Labute approximate surface area is 101 Å². The number of carbonyl (C=O) groups is 1. The molecule has 3 nitrogen and oxygen atoms in total. The molecule has 0 aliphatic carbocycles. The third-order valence-electron chi connectivity index (χ3n) is 2.24. The topological polar surface area (TPSA) is 41.1 Å². The standard InChI is InChI=1S/C13H19FN2O/c1-9(2)16-13(17)6-7-15-12-5-4-10(3)8-11(12)14/h4-5,8-9,15H,6-7H2,1-3H3,(H,16,17). The summed E-state index contributed by atoms with van der Waals surface area (Å²) in [4.78, 5) is 11.3. The molecule has 0 atom stereocenters. The molecule has 1 rings (SSSR count). The summed E-state index contributed by atoms with van der Waals surface area (Å²) in [6.45, 7) is 6.08. The van der Waals surface area contributed by atoms with Gasteiger partial charge in [0.15, 0.2) is 0 Å². The zero-order chi connectivity index (χ0) is 12.8. The maximum atomic E-state index is 13.4. The van der Waals surface area contributed by atoms with E-state index in [0.717, 1.165) is 5.56 Å². The van der Waals surface area contributed by atoms with Crippen LogP contribution in [0.3, 0.4) is 0 Å². The first kappa shape index (κ1) is 13.5. The number of amides is 1. The number of aryl methyl sites for hydroxylation is 1. The van der Waals surface area contributed by atoms with E-state index in [1.807, 2.05) is 26.8 Å². The molecular formula is C13H19FN2O. The van der Waals surface area contributed by atoms with Gasteiger partial charge in [-0.2, -0.15) is 0 Å². The number of anilines is 1. The van der Waals surface area contributed by atoms with Crippen LogP contribution in [0.5, 0.6) is 0 Å². The van der Waals surface area contributed by atoms with Gasteiger partial charge in [0, 0.05) is 19.0 Å². The summed E-state index contributed by atoms with van der Waals surface area (Å²) in [6.07, 6.45) is 0.339. The van der Waals surface area contributed by atoms with Gasteiger partial charge in [0.05, 0.1) is 5.69 Å². The van der Waals surface area contributed by atoms with Crippen molar-refractivity contribution in [2.24, 2.45) is 0 Å². The molecule has 0 saturated heterocycles. The molecule has 0 radical (unpaired) electrons. The molecule has 0 aliphatic rings. The van der Waals surface area contributed by atoms with Crippen molar-refractivity contribution in [3.63, 3.8) is 0 Å². The predicted octanol–water partition coefficient (Wildman–Crippen LogP) is 2.46. The van der Waals surface area contributed by atoms with E-state index < -0.39 is 0 Å². The van der Waals surface area contributed by atoms with Crippen LogP contribution in [-0.4, -0.2) is 18.5 Å². The monoisotopic (exact) mass is 238 g/mol. The average molecular weight is 238 g/mol. The van der Waals surface area contributed by atoms with Crippen LogP contribution in [0.25, 0.3) is 0 Å². The molecule has 0 saturated carbocycles. The van der Waals surface area contributed by atoms with Gasteiger partial charge < -0.3 is 10.6 Å². The molecule has 94 valence electrons. The van der Waals surface area contributed by atoms with Gasteiger partial charge in [-0.3, -0.25) is 4.79 Å². The Morgan fingerprint density at radius 1 is 1.41 bits per heavy atom. The summed E-state index contributed by atoms with van der Waals surface area (Å²) < 4.78 is 13.4. The highest BCUT2D eigenvalue weighted by Crippen LogP contribution is 2.14. The van der Waals surface area contributed by atoms with Gasteiger partial charge in [0.2, 0.25) is 5.91 Å². The highest BCUT2D eigenvalue weighted by atomic mass is 19.1. The van der Waals surface area contributed by atoms with Gasteiger partial charge >= 0.3 is 0 Å². The summed E-state index contributed by atoms with van der Waals surface area (Å²) in [5, 5.41) is 5.69. The van der Waals surface area contributed by atoms with Crippen molar-refractivity contribution in [2.75, 3.05) is 11.9 Å². The maximum Gasteiger partial charge on any atom is 0.221 e. The first-order chi connectivity index (χ1) is 7.99. The van der Waals surface area contributed by atoms with Crippen LogP contribution in [0.1, 0.15) is 25.8 Å². The van der Waals surface area contributed by atoms with E-state index in [1.165, 1.54) is 6.07 Å². The van der Waals surface area contributed by atoms with Gasteiger partial charge in [0.25, 0.3) is 0 Å². The number of hydrogen-bond acceptors (Lipinski definition) is 2. The second-order valence-corrected chi connectivity index (χ2v) is 4.38. The Bertz CT molecular complexity index is 391. The van der Waals surface area contributed by atoms with Crippen molar-refractivity contribution in [1.82, 2.24) is 5.32 Å². The number of nitrogens with one attached hydrogen (secondary N) is 2. The highest BCUT2D eigenvalue weighted by Gasteiger charge is 2.04. The summed E-state index contributed by atoms with van der Waals surface area (Å²) in [6, 6.07) is 5.12. The molecule has 0 spiro atoms. The van der Waals surface area contributed by atoms with E-state index in [-0.39, 0.29) is 17.8 Å². The summed E-state index contributed by atoms with van der Waals surface area (Å²) in [7, 11) is 0. The van der Waals surface area contributed by atoms with Crippen LogP contribution in [0.2, 0.25) is 0 Å². The molecule has 0 bridgehead atoms. The number of halogens is 1. The Morgan fingerprint density at radius 3 is 2.71 bits per heavy atom. The lowest BCUT2D eigenvalue weighted by Crippen LogP contribution is -2.31. The van der Waals surface area contributed by atoms with Crippen LogP contribution in [-0.2, 0) is 4.79 Å². The fourth-order valence-corrected chi connectivity index (χ4v) is 1.47. The fraction of sp³-hybridized carbons (Fsp3) is 0.462. The molecule has 0 aliphatic heterocycles. The van der Waals surface area contributed by atoms with Gasteiger partial charge in [-0.05, 0) is 38.5 Å². The molecule has 1 aromatic carbocycles. The lowest BCUT2D eigenvalue weighted by Gasteiger charge is -2.10. The molecule has 0 aromatic heterocycles. The van der Waals surface area contributed by atoms with Gasteiger partial charge in [-0.1, -0.05) is 6.07 Å². The Morgan fingerprint density at radius 2 is 2.12 bits per heavy atom. The Kier molecular flexibility index (Phi) is 4.94. The van der Waals surface area contributed by atoms with E-state index in [2.05, 4.69) is 10.6 Å². The summed E-state index contributed by atoms with van der Waals surface area (Å²) >= 11 is 0. The second-order valence-electron chi connectivity index (χ2n) is 4.38. The smallest absolute Gasteiger partial charge is 0.221 e.